The van der Waals surface area contributed by atoms with Crippen LogP contribution in [0.2, 0.25) is 0 Å². The van der Waals surface area contributed by atoms with Gasteiger partial charge in [0.15, 0.2) is 5.65 Å². The lowest BCUT2D eigenvalue weighted by molar-refractivity contribution is 0.220. The molecule has 31 heavy (non-hydrogen) atoms. The van der Waals surface area contributed by atoms with Crippen LogP contribution < -0.4 is 10.1 Å². The van der Waals surface area contributed by atoms with Gasteiger partial charge in [-0.1, -0.05) is 13.8 Å². The predicted molar refractivity (Wildman–Crippen MR) is 123 cm³/mol. The number of H-pyrrole nitrogens is 1. The topological polar surface area (TPSA) is 67.2 Å². The Balaban J connectivity index is 1.60. The number of piperidine rings is 1. The summed E-state index contributed by atoms with van der Waals surface area (Å²) >= 11 is 0. The molecule has 0 atom stereocenters. The lowest BCUT2D eigenvalue weighted by Gasteiger charge is -2.32. The number of nitrogens with zero attached hydrogens (tertiary/aromatic N) is 3. The lowest BCUT2D eigenvalue weighted by Crippen LogP contribution is -2.40. The number of hydrogen-bond donors (Lipinski definition) is 2. The first-order valence-corrected chi connectivity index (χ1v) is 11.3. The first kappa shape index (κ1) is 18.9. The molecule has 2 N–H and O–H groups in total. The quantitative estimate of drug-likeness (QED) is 0.501. The highest BCUT2D eigenvalue weighted by molar-refractivity contribution is 5.94. The van der Waals surface area contributed by atoms with Crippen LogP contribution in [0, 0.1) is 13.8 Å². The Bertz CT molecular complexity index is 1320. The van der Waals surface area contributed by atoms with E-state index < -0.39 is 0 Å². The van der Waals surface area contributed by atoms with Gasteiger partial charge in [0.05, 0.1) is 12.3 Å². The van der Waals surface area contributed by atoms with Gasteiger partial charge in [-0.15, -0.1) is 0 Å². The summed E-state index contributed by atoms with van der Waals surface area (Å²) in [6, 6.07) is 4.65. The number of aromatic amines is 1. The van der Waals surface area contributed by atoms with Crippen molar-refractivity contribution in [1.82, 2.24) is 24.9 Å². The molecule has 0 unspecified atom stereocenters. The van der Waals surface area contributed by atoms with Crippen LogP contribution in [0.3, 0.4) is 0 Å². The second-order valence-electron chi connectivity index (χ2n) is 9.60. The minimum Gasteiger partial charge on any atom is -0.492 e. The number of aryl methyl sites for hydroxylation is 1. The highest BCUT2D eigenvalue weighted by Crippen LogP contribution is 2.48. The van der Waals surface area contributed by atoms with Crippen LogP contribution in [-0.4, -0.2) is 39.3 Å². The van der Waals surface area contributed by atoms with Crippen LogP contribution >= 0.6 is 0 Å². The van der Waals surface area contributed by atoms with E-state index in [0.717, 1.165) is 49.5 Å². The molecule has 0 saturated carbocycles. The van der Waals surface area contributed by atoms with Crippen LogP contribution in [-0.2, 0) is 5.41 Å². The molecule has 3 aromatic heterocycles. The highest BCUT2D eigenvalue weighted by atomic mass is 16.5. The van der Waals surface area contributed by atoms with Crippen LogP contribution in [0.15, 0.2) is 24.7 Å². The average molecular weight is 416 g/mol. The van der Waals surface area contributed by atoms with Crippen molar-refractivity contribution in [1.29, 1.82) is 0 Å². The van der Waals surface area contributed by atoms with Gasteiger partial charge in [0.25, 0.3) is 0 Å². The van der Waals surface area contributed by atoms with E-state index in [1.165, 1.54) is 38.9 Å². The number of hydrogen-bond acceptors (Lipinski definition) is 4. The third-order valence-corrected chi connectivity index (χ3v) is 7.55. The molecule has 160 valence electrons. The number of rotatable bonds is 2. The summed E-state index contributed by atoms with van der Waals surface area (Å²) in [5, 5.41) is 9.24. The second kappa shape index (κ2) is 6.57. The fraction of sp³-hybridized carbons (Fsp3) is 0.440. The summed E-state index contributed by atoms with van der Waals surface area (Å²) in [5.74, 6) is 1.44. The molecule has 0 aliphatic carbocycles. The van der Waals surface area contributed by atoms with E-state index in [4.69, 9.17) is 4.74 Å². The molecule has 0 amide bonds. The zero-order valence-electron chi connectivity index (χ0n) is 18.7. The number of ether oxygens (including phenoxy) is 1. The maximum atomic E-state index is 6.24. The van der Waals surface area contributed by atoms with E-state index in [1.807, 2.05) is 4.52 Å². The zero-order valence-corrected chi connectivity index (χ0v) is 18.7. The van der Waals surface area contributed by atoms with Gasteiger partial charge in [-0.25, -0.2) is 9.50 Å². The Labute approximate surface area is 182 Å². The van der Waals surface area contributed by atoms with Crippen molar-refractivity contribution in [2.75, 3.05) is 19.7 Å². The first-order chi connectivity index (χ1) is 15.0. The van der Waals surface area contributed by atoms with Crippen molar-refractivity contribution in [3.05, 3.63) is 46.9 Å². The summed E-state index contributed by atoms with van der Waals surface area (Å²) in [6.07, 6.45) is 6.02. The van der Waals surface area contributed by atoms with Gasteiger partial charge in [-0.2, -0.15) is 5.10 Å². The van der Waals surface area contributed by atoms with Gasteiger partial charge >= 0.3 is 0 Å². The molecule has 2 aliphatic rings. The molecule has 1 aromatic carbocycles. The van der Waals surface area contributed by atoms with E-state index in [0.29, 0.717) is 5.92 Å². The summed E-state index contributed by atoms with van der Waals surface area (Å²) in [7, 11) is 0. The van der Waals surface area contributed by atoms with E-state index in [2.05, 4.69) is 66.4 Å². The summed E-state index contributed by atoms with van der Waals surface area (Å²) in [5.41, 5.74) is 9.79. The summed E-state index contributed by atoms with van der Waals surface area (Å²) < 4.78 is 8.12. The Kier molecular flexibility index (Phi) is 4.00. The van der Waals surface area contributed by atoms with Crippen molar-refractivity contribution in [2.24, 2.45) is 0 Å². The zero-order chi connectivity index (χ0) is 21.3. The fourth-order valence-electron chi connectivity index (χ4n) is 5.66. The van der Waals surface area contributed by atoms with Gasteiger partial charge in [0.2, 0.25) is 0 Å². The Morgan fingerprint density at radius 2 is 1.94 bits per heavy atom. The summed E-state index contributed by atoms with van der Waals surface area (Å²) in [4.78, 5) is 8.18. The van der Waals surface area contributed by atoms with Crippen LogP contribution in [0.1, 0.15) is 54.9 Å². The van der Waals surface area contributed by atoms with Gasteiger partial charge in [-0.3, -0.25) is 0 Å². The monoisotopic (exact) mass is 415 g/mol. The molecular weight excluding hydrogens is 386 g/mol. The maximum Gasteiger partial charge on any atom is 0.158 e. The number of fused-ring (bicyclic) bond motifs is 4. The fourth-order valence-corrected chi connectivity index (χ4v) is 5.66. The molecule has 0 radical (unpaired) electrons. The number of benzene rings is 1. The van der Waals surface area contributed by atoms with E-state index in [1.54, 1.807) is 6.33 Å². The molecule has 6 nitrogen and oxygen atoms in total. The SMILES string of the molecule is Cc1c(-c2[nH]c3cc4c(cc3c2C(C)C)C2(CCNCC2)CO4)cn2ncnc2c1C. The normalized spacial score (nSPS) is 17.7. The number of nitrogens with one attached hydrogen (secondary N) is 2. The molecule has 6 heteroatoms. The molecule has 2 aliphatic heterocycles. The molecule has 1 fully saturated rings. The standard InChI is InChI=1S/C25H29N5O/c1-14(2)22-17-9-19-21(31-12-25(19)5-7-26-8-6-25)10-20(17)29-23(22)18-11-30-24(27-13-28-30)16(4)15(18)3/h9-11,13-14,26,29H,5-8,12H2,1-4H3. The van der Waals surface area contributed by atoms with Crippen molar-refractivity contribution in [3.63, 3.8) is 0 Å². The second-order valence-corrected chi connectivity index (χ2v) is 9.60. The van der Waals surface area contributed by atoms with Crippen molar-refractivity contribution < 1.29 is 4.74 Å². The first-order valence-electron chi connectivity index (χ1n) is 11.3. The van der Waals surface area contributed by atoms with E-state index in [-0.39, 0.29) is 5.41 Å². The third kappa shape index (κ3) is 2.61. The molecule has 1 spiro atoms. The average Bonchev–Trinajstić information content (AvgIpc) is 3.46. The Morgan fingerprint density at radius 3 is 2.71 bits per heavy atom. The minimum atomic E-state index is 0.159. The molecule has 0 bridgehead atoms. The van der Waals surface area contributed by atoms with Crippen molar-refractivity contribution in [2.45, 2.75) is 51.9 Å². The van der Waals surface area contributed by atoms with Crippen molar-refractivity contribution in [3.8, 4) is 17.0 Å². The predicted octanol–water partition coefficient (Wildman–Crippen LogP) is 4.63. The van der Waals surface area contributed by atoms with Gasteiger partial charge in [0.1, 0.15) is 12.1 Å². The van der Waals surface area contributed by atoms with Gasteiger partial charge in [-0.05, 0) is 68.5 Å². The lowest BCUT2D eigenvalue weighted by atomic mass is 9.74. The maximum absolute atomic E-state index is 6.24. The third-order valence-electron chi connectivity index (χ3n) is 7.55. The Hall–Kier alpha value is -2.86. The number of aromatic nitrogens is 4. The van der Waals surface area contributed by atoms with E-state index in [9.17, 15) is 0 Å². The largest absolute Gasteiger partial charge is 0.492 e. The Morgan fingerprint density at radius 1 is 1.13 bits per heavy atom. The van der Waals surface area contributed by atoms with Crippen LogP contribution in [0.4, 0.5) is 0 Å². The molecule has 6 rings (SSSR count). The van der Waals surface area contributed by atoms with E-state index >= 15 is 0 Å². The summed E-state index contributed by atoms with van der Waals surface area (Å²) in [6.45, 7) is 11.8. The van der Waals surface area contributed by atoms with Gasteiger partial charge in [0, 0.05) is 39.7 Å². The molecule has 4 aromatic rings. The van der Waals surface area contributed by atoms with Crippen LogP contribution in [0.5, 0.6) is 5.75 Å². The number of pyridine rings is 1. The minimum absolute atomic E-state index is 0.159. The molecule has 1 saturated heterocycles. The molecular formula is C25H29N5O. The van der Waals surface area contributed by atoms with Crippen molar-refractivity contribution >= 4 is 16.6 Å². The van der Waals surface area contributed by atoms with Gasteiger partial charge < -0.3 is 15.0 Å². The molecule has 5 heterocycles. The smallest absolute Gasteiger partial charge is 0.158 e. The highest BCUT2D eigenvalue weighted by Gasteiger charge is 2.42. The van der Waals surface area contributed by atoms with Crippen LogP contribution in [0.25, 0.3) is 27.8 Å².